The fourth-order valence-electron chi connectivity index (χ4n) is 5.78. The third-order valence-electron chi connectivity index (χ3n) is 7.14. The molecule has 4 nitrogen and oxygen atoms in total. The van der Waals surface area contributed by atoms with Crippen molar-refractivity contribution in [2.45, 2.75) is 31.6 Å². The lowest BCUT2D eigenvalue weighted by Gasteiger charge is -2.46. The Hall–Kier alpha value is -3.45. The van der Waals surface area contributed by atoms with Crippen LogP contribution in [0.3, 0.4) is 0 Å². The fourth-order valence-corrected chi connectivity index (χ4v) is 5.78. The molecule has 2 unspecified atom stereocenters. The van der Waals surface area contributed by atoms with Crippen molar-refractivity contribution in [2.24, 2.45) is 18.9 Å². The zero-order valence-electron chi connectivity index (χ0n) is 17.9. The summed E-state index contributed by atoms with van der Waals surface area (Å²) in [6, 6.07) is 22.9. The molecule has 0 fully saturated rings. The number of hydrogen-bond acceptors (Lipinski definition) is 3. The van der Waals surface area contributed by atoms with Gasteiger partial charge in [0.05, 0.1) is 17.0 Å². The molecular formula is C27H25N3O. The van der Waals surface area contributed by atoms with Gasteiger partial charge in [-0.25, -0.2) is 0 Å². The van der Waals surface area contributed by atoms with E-state index in [2.05, 4.69) is 42.5 Å². The number of aromatic nitrogens is 2. The number of allylic oxidation sites excluding steroid dienone is 2. The summed E-state index contributed by atoms with van der Waals surface area (Å²) >= 11 is 0. The van der Waals surface area contributed by atoms with E-state index in [1.54, 1.807) is 0 Å². The molecule has 1 aromatic heterocycles. The zero-order valence-corrected chi connectivity index (χ0v) is 17.9. The van der Waals surface area contributed by atoms with Crippen molar-refractivity contribution in [2.75, 3.05) is 0 Å². The number of nitriles is 1. The van der Waals surface area contributed by atoms with Gasteiger partial charge in [-0.3, -0.25) is 9.48 Å². The molecule has 3 aromatic rings. The van der Waals surface area contributed by atoms with E-state index in [9.17, 15) is 10.1 Å². The maximum absolute atomic E-state index is 12.9. The molecule has 0 radical (unpaired) electrons. The van der Waals surface area contributed by atoms with Gasteiger partial charge in [0.2, 0.25) is 0 Å². The molecule has 0 saturated heterocycles. The highest BCUT2D eigenvalue weighted by molar-refractivity contribution is 6.02. The number of hydrogen-bond donors (Lipinski definition) is 0. The van der Waals surface area contributed by atoms with Crippen LogP contribution in [0.25, 0.3) is 11.3 Å². The number of carbonyl (C=O) groups is 1. The highest BCUT2D eigenvalue weighted by atomic mass is 16.1. The summed E-state index contributed by atoms with van der Waals surface area (Å²) in [4.78, 5) is 12.9. The van der Waals surface area contributed by atoms with Crippen LogP contribution in [-0.2, 0) is 30.1 Å². The molecule has 31 heavy (non-hydrogen) atoms. The first-order chi connectivity index (χ1) is 15.0. The van der Waals surface area contributed by atoms with Gasteiger partial charge >= 0.3 is 0 Å². The van der Waals surface area contributed by atoms with Crippen LogP contribution in [0.1, 0.15) is 30.2 Å². The van der Waals surface area contributed by atoms with Crippen LogP contribution < -0.4 is 0 Å². The largest absolute Gasteiger partial charge is 0.293 e. The number of rotatable bonds is 3. The van der Waals surface area contributed by atoms with Crippen LogP contribution in [0.15, 0.2) is 72.3 Å². The zero-order chi connectivity index (χ0) is 21.6. The van der Waals surface area contributed by atoms with Crippen molar-refractivity contribution >= 4 is 5.78 Å². The van der Waals surface area contributed by atoms with E-state index in [0.717, 1.165) is 36.2 Å². The van der Waals surface area contributed by atoms with Gasteiger partial charge in [-0.2, -0.15) is 10.4 Å². The van der Waals surface area contributed by atoms with Gasteiger partial charge in [-0.1, -0.05) is 73.7 Å². The number of nitrogens with zero attached hydrogens (tertiary/aromatic N) is 3. The second-order valence-electron chi connectivity index (χ2n) is 8.84. The van der Waals surface area contributed by atoms with Gasteiger partial charge in [0, 0.05) is 29.5 Å². The van der Waals surface area contributed by atoms with Gasteiger partial charge < -0.3 is 0 Å². The molecule has 2 aliphatic rings. The molecule has 5 rings (SSSR count). The van der Waals surface area contributed by atoms with E-state index in [1.807, 2.05) is 49.0 Å². The van der Waals surface area contributed by atoms with Crippen LogP contribution in [-0.4, -0.2) is 15.6 Å². The van der Waals surface area contributed by atoms with Crippen molar-refractivity contribution in [1.82, 2.24) is 9.78 Å². The van der Waals surface area contributed by atoms with Crippen LogP contribution in [0.2, 0.25) is 0 Å². The van der Waals surface area contributed by atoms with Crippen LogP contribution in [0.5, 0.6) is 0 Å². The summed E-state index contributed by atoms with van der Waals surface area (Å²) in [7, 11) is 2.00. The monoisotopic (exact) mass is 407 g/mol. The summed E-state index contributed by atoms with van der Waals surface area (Å²) in [6.07, 6.45) is 4.49. The Labute approximate surface area is 182 Å². The predicted octanol–water partition coefficient (Wildman–Crippen LogP) is 4.80. The summed E-state index contributed by atoms with van der Waals surface area (Å²) in [5, 5.41) is 14.8. The van der Waals surface area contributed by atoms with Crippen LogP contribution in [0.4, 0.5) is 0 Å². The van der Waals surface area contributed by atoms with Gasteiger partial charge in [0.25, 0.3) is 0 Å². The normalized spacial score (nSPS) is 24.7. The average Bonchev–Trinajstić information content (AvgIpc) is 3.14. The Morgan fingerprint density at radius 3 is 2.48 bits per heavy atom. The first kappa shape index (κ1) is 19.5. The van der Waals surface area contributed by atoms with Crippen molar-refractivity contribution in [3.8, 4) is 17.3 Å². The van der Waals surface area contributed by atoms with Gasteiger partial charge in [-0.15, -0.1) is 0 Å². The summed E-state index contributed by atoms with van der Waals surface area (Å²) in [6.45, 7) is 1.99. The maximum Gasteiger partial charge on any atom is 0.176 e. The van der Waals surface area contributed by atoms with Crippen molar-refractivity contribution in [1.29, 1.82) is 5.26 Å². The molecule has 0 N–H and O–H groups in total. The lowest BCUT2D eigenvalue weighted by Crippen LogP contribution is -2.48. The number of carbonyl (C=O) groups excluding carboxylic acids is 1. The predicted molar refractivity (Wildman–Crippen MR) is 120 cm³/mol. The molecule has 3 atom stereocenters. The quantitative estimate of drug-likeness (QED) is 0.627. The second kappa shape index (κ2) is 7.35. The molecule has 0 bridgehead atoms. The van der Waals surface area contributed by atoms with Gasteiger partial charge in [0.15, 0.2) is 5.78 Å². The van der Waals surface area contributed by atoms with E-state index in [1.165, 1.54) is 11.1 Å². The number of ketones is 1. The van der Waals surface area contributed by atoms with E-state index in [-0.39, 0.29) is 23.2 Å². The molecule has 0 aliphatic heterocycles. The standard InChI is InChI=1S/C27H25N3O/c1-18-23-14-13-22-24(20-11-7-4-8-12-20)30(2)29-26(22)27(23,16-21(17-28)25(18)31)15-19-9-5-3-6-10-19/h3-12,16,18,23H,13-15H2,1-2H3/t18?,23?,27-/m0/s1. The summed E-state index contributed by atoms with van der Waals surface area (Å²) < 4.78 is 1.98. The van der Waals surface area contributed by atoms with E-state index < -0.39 is 5.41 Å². The number of benzene rings is 2. The first-order valence-corrected chi connectivity index (χ1v) is 10.9. The Morgan fingerprint density at radius 2 is 1.81 bits per heavy atom. The molecule has 2 aliphatic carbocycles. The fraction of sp³-hybridized carbons (Fsp3) is 0.296. The average molecular weight is 408 g/mol. The van der Waals surface area contributed by atoms with E-state index >= 15 is 0 Å². The minimum atomic E-state index is -0.460. The minimum Gasteiger partial charge on any atom is -0.293 e. The third-order valence-corrected chi connectivity index (χ3v) is 7.14. The summed E-state index contributed by atoms with van der Waals surface area (Å²) in [5.41, 5.74) is 5.58. The van der Waals surface area contributed by atoms with Gasteiger partial charge in [0.1, 0.15) is 6.07 Å². The third kappa shape index (κ3) is 2.96. The van der Waals surface area contributed by atoms with Crippen molar-refractivity contribution in [3.63, 3.8) is 0 Å². The Morgan fingerprint density at radius 1 is 1.13 bits per heavy atom. The first-order valence-electron chi connectivity index (χ1n) is 10.9. The molecular weight excluding hydrogens is 382 g/mol. The lowest BCUT2D eigenvalue weighted by atomic mass is 9.55. The Kier molecular flexibility index (Phi) is 4.63. The number of aryl methyl sites for hydroxylation is 1. The lowest BCUT2D eigenvalue weighted by molar-refractivity contribution is -0.121. The van der Waals surface area contributed by atoms with Crippen LogP contribution >= 0.6 is 0 Å². The summed E-state index contributed by atoms with van der Waals surface area (Å²) in [5.74, 6) is -0.0964. The van der Waals surface area contributed by atoms with Crippen LogP contribution in [0, 0.1) is 23.2 Å². The highest BCUT2D eigenvalue weighted by Gasteiger charge is 2.52. The second-order valence-corrected chi connectivity index (χ2v) is 8.84. The van der Waals surface area contributed by atoms with E-state index in [0.29, 0.717) is 0 Å². The number of fused-ring (bicyclic) bond motifs is 3. The van der Waals surface area contributed by atoms with Crippen molar-refractivity contribution in [3.05, 3.63) is 89.1 Å². The molecule has 0 saturated carbocycles. The number of Topliss-reactive ketones (excluding diaryl/α,β-unsaturated/α-hetero) is 1. The molecule has 4 heteroatoms. The van der Waals surface area contributed by atoms with E-state index in [4.69, 9.17) is 5.10 Å². The topological polar surface area (TPSA) is 58.7 Å². The molecule has 0 amide bonds. The molecule has 154 valence electrons. The SMILES string of the molecule is CC1C(=O)C(C#N)=C[C@]2(Cc3ccccc3)c3nn(C)c(-c4ccccc4)c3CCC12. The molecule has 2 aromatic carbocycles. The van der Waals surface area contributed by atoms with Crippen molar-refractivity contribution < 1.29 is 4.79 Å². The van der Waals surface area contributed by atoms with Gasteiger partial charge in [-0.05, 0) is 30.7 Å². The molecule has 1 heterocycles. The minimum absolute atomic E-state index is 0.0288. The molecule has 0 spiro atoms. The highest BCUT2D eigenvalue weighted by Crippen LogP contribution is 2.52. The Bertz CT molecular complexity index is 1220. The Balaban J connectivity index is 1.77. The smallest absolute Gasteiger partial charge is 0.176 e. The maximum atomic E-state index is 12.9.